The van der Waals surface area contributed by atoms with Crippen LogP contribution >= 0.6 is 0 Å². The van der Waals surface area contributed by atoms with Crippen molar-refractivity contribution in [3.63, 3.8) is 0 Å². The molecule has 0 aromatic rings. The lowest BCUT2D eigenvalue weighted by Crippen LogP contribution is -2.16. The van der Waals surface area contributed by atoms with E-state index in [1.54, 1.807) is 0 Å². The van der Waals surface area contributed by atoms with Gasteiger partial charge in [0.1, 0.15) is 0 Å². The third kappa shape index (κ3) is 1.54. The highest BCUT2D eigenvalue weighted by Gasteiger charge is 2.66. The first kappa shape index (κ1) is 10.1. The minimum Gasteiger partial charge on any atom is -0.393 e. The van der Waals surface area contributed by atoms with Gasteiger partial charge in [-0.2, -0.15) is 0 Å². The average Bonchev–Trinajstić information content (AvgIpc) is 2.64. The van der Waals surface area contributed by atoms with E-state index in [0.717, 1.165) is 41.9 Å². The molecule has 0 aromatic carbocycles. The zero-order chi connectivity index (χ0) is 10.6. The van der Waals surface area contributed by atoms with Crippen molar-refractivity contribution in [3.05, 3.63) is 0 Å². The van der Waals surface area contributed by atoms with Crippen molar-refractivity contribution in [3.8, 4) is 0 Å². The Bertz CT molecular complexity index is 232. The van der Waals surface area contributed by atoms with Gasteiger partial charge < -0.3 is 5.11 Å². The molecule has 3 saturated carbocycles. The second-order valence-electron chi connectivity index (χ2n) is 6.60. The molecular formula is C14H24O. The zero-order valence-corrected chi connectivity index (χ0v) is 10.0. The first-order valence-electron chi connectivity index (χ1n) is 6.86. The van der Waals surface area contributed by atoms with Gasteiger partial charge in [-0.1, -0.05) is 13.8 Å². The molecular weight excluding hydrogens is 184 g/mol. The fraction of sp³-hybridized carbons (Fsp3) is 1.00. The summed E-state index contributed by atoms with van der Waals surface area (Å²) in [5.74, 6) is 5.39. The van der Waals surface area contributed by atoms with Crippen molar-refractivity contribution in [2.45, 2.75) is 52.1 Å². The maximum atomic E-state index is 10.2. The summed E-state index contributed by atoms with van der Waals surface area (Å²) in [7, 11) is 0. The predicted octanol–water partition coefficient (Wildman–Crippen LogP) is 3.08. The summed E-state index contributed by atoms with van der Waals surface area (Å²) in [5, 5.41) is 10.2. The molecule has 1 N–H and O–H groups in total. The Hall–Kier alpha value is -0.0400. The smallest absolute Gasteiger partial charge is 0.0574 e. The van der Waals surface area contributed by atoms with Crippen molar-refractivity contribution in [1.82, 2.24) is 0 Å². The van der Waals surface area contributed by atoms with Crippen LogP contribution in [0.1, 0.15) is 46.0 Å². The van der Waals surface area contributed by atoms with Crippen LogP contribution in [0.3, 0.4) is 0 Å². The highest BCUT2D eigenvalue weighted by atomic mass is 16.3. The van der Waals surface area contributed by atoms with Crippen molar-refractivity contribution in [1.29, 1.82) is 0 Å². The molecule has 3 aliphatic carbocycles. The van der Waals surface area contributed by atoms with Gasteiger partial charge in [-0.25, -0.2) is 0 Å². The lowest BCUT2D eigenvalue weighted by molar-refractivity contribution is 0.113. The lowest BCUT2D eigenvalue weighted by Gasteiger charge is -2.16. The molecule has 3 fully saturated rings. The van der Waals surface area contributed by atoms with Gasteiger partial charge in [0, 0.05) is 0 Å². The minimum absolute atomic E-state index is 0.0331. The van der Waals surface area contributed by atoms with Crippen LogP contribution in [0, 0.1) is 35.5 Å². The zero-order valence-electron chi connectivity index (χ0n) is 10.0. The molecule has 0 aromatic heterocycles. The molecule has 86 valence electrons. The van der Waals surface area contributed by atoms with E-state index in [1.807, 2.05) is 0 Å². The largest absolute Gasteiger partial charge is 0.393 e. The third-order valence-electron chi connectivity index (χ3n) is 5.28. The quantitative estimate of drug-likeness (QED) is 0.753. The summed E-state index contributed by atoms with van der Waals surface area (Å²) in [4.78, 5) is 0. The Morgan fingerprint density at radius 1 is 1.07 bits per heavy atom. The van der Waals surface area contributed by atoms with E-state index in [9.17, 15) is 5.11 Å². The lowest BCUT2D eigenvalue weighted by atomic mass is 9.95. The molecule has 5 unspecified atom stereocenters. The van der Waals surface area contributed by atoms with Gasteiger partial charge in [0.25, 0.3) is 0 Å². The van der Waals surface area contributed by atoms with E-state index >= 15 is 0 Å². The van der Waals surface area contributed by atoms with Crippen molar-refractivity contribution < 1.29 is 5.11 Å². The van der Waals surface area contributed by atoms with Crippen LogP contribution in [0.5, 0.6) is 0 Å². The molecule has 0 saturated heterocycles. The SMILES string of the molecule is CC(C)CCC(O)C1C2C3CCC(C3)C12. The molecule has 0 amide bonds. The Balaban J connectivity index is 1.54. The standard InChI is InChI=1S/C14H24O/c1-8(2)3-6-11(15)14-12-9-4-5-10(7-9)13(12)14/h8-15H,3-7H2,1-2H3. The van der Waals surface area contributed by atoms with E-state index < -0.39 is 0 Å². The maximum Gasteiger partial charge on any atom is 0.0574 e. The number of hydrogen-bond donors (Lipinski definition) is 1. The van der Waals surface area contributed by atoms with Gasteiger partial charge in [0.05, 0.1) is 6.10 Å². The Kier molecular flexibility index (Phi) is 2.35. The second-order valence-corrected chi connectivity index (χ2v) is 6.60. The van der Waals surface area contributed by atoms with E-state index in [-0.39, 0.29) is 6.10 Å². The number of aliphatic hydroxyl groups excluding tert-OH is 1. The van der Waals surface area contributed by atoms with Gasteiger partial charge >= 0.3 is 0 Å². The highest BCUT2D eigenvalue weighted by molar-refractivity contribution is 5.14. The molecule has 1 nitrogen and oxygen atoms in total. The fourth-order valence-corrected chi connectivity index (χ4v) is 4.60. The minimum atomic E-state index is 0.0331. The molecule has 2 bridgehead atoms. The molecule has 0 heterocycles. The second kappa shape index (κ2) is 3.48. The molecule has 15 heavy (non-hydrogen) atoms. The van der Waals surface area contributed by atoms with Gasteiger partial charge in [-0.15, -0.1) is 0 Å². The fourth-order valence-electron chi connectivity index (χ4n) is 4.60. The Morgan fingerprint density at radius 3 is 2.20 bits per heavy atom. The maximum absolute atomic E-state index is 10.2. The molecule has 3 aliphatic rings. The van der Waals surface area contributed by atoms with Crippen LogP contribution in [-0.2, 0) is 0 Å². The van der Waals surface area contributed by atoms with E-state index in [0.29, 0.717) is 0 Å². The number of rotatable bonds is 4. The summed E-state index contributed by atoms with van der Waals surface area (Å²) in [6.07, 6.45) is 6.73. The van der Waals surface area contributed by atoms with Crippen LogP contribution in [-0.4, -0.2) is 11.2 Å². The molecule has 3 rings (SSSR count). The summed E-state index contributed by atoms with van der Waals surface area (Å²) in [5.41, 5.74) is 0. The summed E-state index contributed by atoms with van der Waals surface area (Å²) >= 11 is 0. The summed E-state index contributed by atoms with van der Waals surface area (Å²) in [6, 6.07) is 0. The van der Waals surface area contributed by atoms with E-state index in [4.69, 9.17) is 0 Å². The van der Waals surface area contributed by atoms with Crippen molar-refractivity contribution >= 4 is 0 Å². The molecule has 1 heteroatoms. The first-order valence-corrected chi connectivity index (χ1v) is 6.86. The molecule has 0 spiro atoms. The van der Waals surface area contributed by atoms with Gasteiger partial charge in [-0.3, -0.25) is 0 Å². The van der Waals surface area contributed by atoms with E-state index in [1.165, 1.54) is 25.7 Å². The third-order valence-corrected chi connectivity index (χ3v) is 5.28. The topological polar surface area (TPSA) is 20.2 Å². The van der Waals surface area contributed by atoms with Crippen LogP contribution in [0.15, 0.2) is 0 Å². The molecule has 0 aliphatic heterocycles. The van der Waals surface area contributed by atoms with Crippen molar-refractivity contribution in [2.75, 3.05) is 0 Å². The number of aliphatic hydroxyl groups is 1. The Labute approximate surface area is 93.3 Å². The number of hydrogen-bond acceptors (Lipinski definition) is 1. The Morgan fingerprint density at radius 2 is 1.67 bits per heavy atom. The molecule has 5 atom stereocenters. The van der Waals surface area contributed by atoms with Crippen molar-refractivity contribution in [2.24, 2.45) is 35.5 Å². The first-order chi connectivity index (χ1) is 7.18. The normalized spacial score (nSPS) is 48.4. The predicted molar refractivity (Wildman–Crippen MR) is 61.4 cm³/mol. The number of fused-ring (bicyclic) bond motifs is 5. The van der Waals surface area contributed by atoms with Gasteiger partial charge in [0.15, 0.2) is 0 Å². The monoisotopic (exact) mass is 208 g/mol. The highest BCUT2D eigenvalue weighted by Crippen LogP contribution is 2.70. The van der Waals surface area contributed by atoms with Crippen LogP contribution < -0.4 is 0 Å². The van der Waals surface area contributed by atoms with Crippen LogP contribution in [0.25, 0.3) is 0 Å². The van der Waals surface area contributed by atoms with E-state index in [2.05, 4.69) is 13.8 Å². The van der Waals surface area contributed by atoms with Crippen LogP contribution in [0.2, 0.25) is 0 Å². The van der Waals surface area contributed by atoms with Crippen LogP contribution in [0.4, 0.5) is 0 Å². The summed E-state index contributed by atoms with van der Waals surface area (Å²) in [6.45, 7) is 4.51. The van der Waals surface area contributed by atoms with Gasteiger partial charge in [-0.05, 0) is 67.6 Å². The van der Waals surface area contributed by atoms with Gasteiger partial charge in [0.2, 0.25) is 0 Å². The summed E-state index contributed by atoms with van der Waals surface area (Å²) < 4.78 is 0. The molecule has 0 radical (unpaired) electrons. The average molecular weight is 208 g/mol.